The lowest BCUT2D eigenvalue weighted by Gasteiger charge is -2.10. The summed E-state index contributed by atoms with van der Waals surface area (Å²) in [4.78, 5) is 38.2. The van der Waals surface area contributed by atoms with E-state index in [1.165, 1.54) is 23.6 Å². The van der Waals surface area contributed by atoms with Gasteiger partial charge in [0.25, 0.3) is 5.91 Å². The first-order valence-electron chi connectivity index (χ1n) is 6.39. The number of thiazole rings is 1. The minimum Gasteiger partial charge on any atom is -0.448 e. The van der Waals surface area contributed by atoms with E-state index in [2.05, 4.69) is 4.98 Å². The van der Waals surface area contributed by atoms with Gasteiger partial charge in [0.2, 0.25) is 0 Å². The highest BCUT2D eigenvalue weighted by molar-refractivity contribution is 7.13. The molecule has 2 aromatic rings. The van der Waals surface area contributed by atoms with Crippen molar-refractivity contribution in [2.75, 3.05) is 0 Å². The molecule has 1 heterocycles. The standard InChI is InChI=1S/C14H12ClN3O4S/c1-7(11(19)18-14(16)21)22-13(20)10-6-23-12(17-10)8-3-2-4-9(15)5-8/h2-7H,1H3,(H3,16,18,19,21)/t7-/m1/s1. The van der Waals surface area contributed by atoms with Crippen LogP contribution in [0.3, 0.4) is 0 Å². The Morgan fingerprint density at radius 3 is 2.78 bits per heavy atom. The number of ether oxygens (including phenoxy) is 1. The number of carbonyl (C=O) groups excluding carboxylic acids is 3. The molecule has 3 amide bonds. The van der Waals surface area contributed by atoms with Crippen LogP contribution in [0.25, 0.3) is 10.6 Å². The maximum atomic E-state index is 12.0. The Kier molecular flexibility index (Phi) is 5.30. The largest absolute Gasteiger partial charge is 0.448 e. The molecule has 1 atom stereocenters. The highest BCUT2D eigenvalue weighted by atomic mass is 35.5. The molecule has 0 saturated carbocycles. The number of nitrogens with zero attached hydrogens (tertiary/aromatic N) is 1. The van der Waals surface area contributed by atoms with Crippen LogP contribution in [-0.2, 0) is 9.53 Å². The second-order valence-corrected chi connectivity index (χ2v) is 5.74. The molecule has 9 heteroatoms. The van der Waals surface area contributed by atoms with Crippen LogP contribution < -0.4 is 11.1 Å². The van der Waals surface area contributed by atoms with Crippen molar-refractivity contribution in [3.63, 3.8) is 0 Å². The van der Waals surface area contributed by atoms with E-state index >= 15 is 0 Å². The molecule has 0 unspecified atom stereocenters. The maximum Gasteiger partial charge on any atom is 0.358 e. The van der Waals surface area contributed by atoms with Crippen LogP contribution in [0.5, 0.6) is 0 Å². The van der Waals surface area contributed by atoms with Crippen molar-refractivity contribution < 1.29 is 19.1 Å². The summed E-state index contributed by atoms with van der Waals surface area (Å²) in [6.45, 7) is 1.32. The molecule has 7 nitrogen and oxygen atoms in total. The van der Waals surface area contributed by atoms with E-state index in [-0.39, 0.29) is 5.69 Å². The Labute approximate surface area is 140 Å². The van der Waals surface area contributed by atoms with E-state index in [0.717, 1.165) is 5.56 Å². The van der Waals surface area contributed by atoms with Crippen molar-refractivity contribution in [2.24, 2.45) is 5.73 Å². The number of nitrogens with two attached hydrogens (primary N) is 1. The monoisotopic (exact) mass is 353 g/mol. The minimum atomic E-state index is -1.17. The van der Waals surface area contributed by atoms with Crippen LogP contribution in [0, 0.1) is 0 Å². The Morgan fingerprint density at radius 2 is 2.13 bits per heavy atom. The van der Waals surface area contributed by atoms with Gasteiger partial charge in [-0.05, 0) is 19.1 Å². The third-order valence-electron chi connectivity index (χ3n) is 2.68. The maximum absolute atomic E-state index is 12.0. The average Bonchev–Trinajstić information content (AvgIpc) is 2.96. The molecular weight excluding hydrogens is 342 g/mol. The molecule has 0 fully saturated rings. The Balaban J connectivity index is 2.07. The third-order valence-corrected chi connectivity index (χ3v) is 3.81. The number of carbonyl (C=O) groups is 3. The average molecular weight is 354 g/mol. The van der Waals surface area contributed by atoms with Gasteiger partial charge in [-0.25, -0.2) is 14.6 Å². The zero-order valence-corrected chi connectivity index (χ0v) is 13.5. The smallest absolute Gasteiger partial charge is 0.358 e. The molecule has 0 aliphatic carbocycles. The van der Waals surface area contributed by atoms with Gasteiger partial charge in [0, 0.05) is 16.0 Å². The van der Waals surface area contributed by atoms with Gasteiger partial charge >= 0.3 is 12.0 Å². The van der Waals surface area contributed by atoms with Crippen molar-refractivity contribution in [3.05, 3.63) is 40.4 Å². The number of primary amides is 1. The van der Waals surface area contributed by atoms with E-state index in [4.69, 9.17) is 22.1 Å². The van der Waals surface area contributed by atoms with Crippen molar-refractivity contribution in [2.45, 2.75) is 13.0 Å². The number of benzene rings is 1. The summed E-state index contributed by atoms with van der Waals surface area (Å²) in [5.74, 6) is -1.59. The van der Waals surface area contributed by atoms with Crippen LogP contribution >= 0.6 is 22.9 Å². The lowest BCUT2D eigenvalue weighted by molar-refractivity contribution is -0.127. The van der Waals surface area contributed by atoms with E-state index in [0.29, 0.717) is 10.0 Å². The molecule has 3 N–H and O–H groups in total. The summed E-state index contributed by atoms with van der Waals surface area (Å²) >= 11 is 7.15. The summed E-state index contributed by atoms with van der Waals surface area (Å²) in [5.41, 5.74) is 5.64. The first-order chi connectivity index (χ1) is 10.9. The normalized spacial score (nSPS) is 11.6. The zero-order chi connectivity index (χ0) is 17.0. The number of halogens is 1. The summed E-state index contributed by atoms with van der Waals surface area (Å²) in [7, 11) is 0. The number of esters is 1. The fourth-order valence-electron chi connectivity index (χ4n) is 1.62. The lowest BCUT2D eigenvalue weighted by Crippen LogP contribution is -2.42. The summed E-state index contributed by atoms with van der Waals surface area (Å²) in [6.07, 6.45) is -1.17. The molecule has 23 heavy (non-hydrogen) atoms. The minimum absolute atomic E-state index is 0.0590. The third kappa shape index (κ3) is 4.51. The van der Waals surface area contributed by atoms with Crippen molar-refractivity contribution in [3.8, 4) is 10.6 Å². The number of hydrogen-bond donors (Lipinski definition) is 2. The van der Waals surface area contributed by atoms with Gasteiger partial charge in [0.05, 0.1) is 0 Å². The number of hydrogen-bond acceptors (Lipinski definition) is 6. The second kappa shape index (κ2) is 7.21. The summed E-state index contributed by atoms with van der Waals surface area (Å²) in [5, 5.41) is 4.48. The molecule has 0 aliphatic heterocycles. The zero-order valence-electron chi connectivity index (χ0n) is 11.9. The molecular formula is C14H12ClN3O4S. The number of aromatic nitrogens is 1. The molecule has 0 saturated heterocycles. The van der Waals surface area contributed by atoms with Crippen molar-refractivity contribution in [1.82, 2.24) is 10.3 Å². The van der Waals surface area contributed by atoms with Gasteiger partial charge in [-0.2, -0.15) is 0 Å². The van der Waals surface area contributed by atoms with Gasteiger partial charge < -0.3 is 10.5 Å². The molecule has 0 radical (unpaired) electrons. The number of rotatable bonds is 4. The molecule has 0 spiro atoms. The lowest BCUT2D eigenvalue weighted by atomic mass is 10.2. The quantitative estimate of drug-likeness (QED) is 0.818. The molecule has 1 aromatic heterocycles. The van der Waals surface area contributed by atoms with Crippen LogP contribution in [-0.4, -0.2) is 29.0 Å². The van der Waals surface area contributed by atoms with Crippen LogP contribution in [0.15, 0.2) is 29.6 Å². The van der Waals surface area contributed by atoms with Gasteiger partial charge in [0.15, 0.2) is 11.8 Å². The molecule has 0 bridgehead atoms. The second-order valence-electron chi connectivity index (χ2n) is 4.45. The van der Waals surface area contributed by atoms with Gasteiger partial charge in [-0.3, -0.25) is 10.1 Å². The fourth-order valence-corrected chi connectivity index (χ4v) is 2.60. The molecule has 120 valence electrons. The predicted octanol–water partition coefficient (Wildman–Crippen LogP) is 2.20. The SMILES string of the molecule is C[C@@H](OC(=O)c1csc(-c2cccc(Cl)c2)n1)C(=O)NC(N)=O. The van der Waals surface area contributed by atoms with E-state index in [1.807, 2.05) is 11.4 Å². The van der Waals surface area contributed by atoms with Crippen molar-refractivity contribution in [1.29, 1.82) is 0 Å². The van der Waals surface area contributed by atoms with Gasteiger partial charge in [0.1, 0.15) is 5.01 Å². The number of imide groups is 1. The van der Waals surface area contributed by atoms with Crippen LogP contribution in [0.2, 0.25) is 5.02 Å². The summed E-state index contributed by atoms with van der Waals surface area (Å²) in [6, 6.07) is 6.01. The number of amides is 3. The highest BCUT2D eigenvalue weighted by Gasteiger charge is 2.21. The van der Waals surface area contributed by atoms with Gasteiger partial charge in [-0.1, -0.05) is 23.7 Å². The van der Waals surface area contributed by atoms with Crippen LogP contribution in [0.1, 0.15) is 17.4 Å². The first kappa shape index (κ1) is 16.9. The first-order valence-corrected chi connectivity index (χ1v) is 7.65. The number of nitrogens with one attached hydrogen (secondary N) is 1. The van der Waals surface area contributed by atoms with E-state index < -0.39 is 24.0 Å². The Bertz CT molecular complexity index is 762. The van der Waals surface area contributed by atoms with Crippen molar-refractivity contribution >= 4 is 40.8 Å². The molecule has 0 aliphatic rings. The van der Waals surface area contributed by atoms with Crippen LogP contribution in [0.4, 0.5) is 4.79 Å². The Morgan fingerprint density at radius 1 is 1.39 bits per heavy atom. The number of urea groups is 1. The molecule has 1 aromatic carbocycles. The summed E-state index contributed by atoms with van der Waals surface area (Å²) < 4.78 is 4.93. The molecule has 2 rings (SSSR count). The van der Waals surface area contributed by atoms with E-state index in [1.54, 1.807) is 18.2 Å². The van der Waals surface area contributed by atoms with Gasteiger partial charge in [-0.15, -0.1) is 11.3 Å². The van der Waals surface area contributed by atoms with E-state index in [9.17, 15) is 14.4 Å². The highest BCUT2D eigenvalue weighted by Crippen LogP contribution is 2.26. The Hall–Kier alpha value is -2.45. The topological polar surface area (TPSA) is 111 Å². The fraction of sp³-hybridized carbons (Fsp3) is 0.143. The predicted molar refractivity (Wildman–Crippen MR) is 85.2 cm³/mol.